The molecule has 0 radical (unpaired) electrons. The molecule has 0 atom stereocenters. The lowest BCUT2D eigenvalue weighted by Gasteiger charge is -1.79. The standard InChI is InChI=1S/C6H4ClN3S/c7-3-4-10-5-6(11-4)9-2-1-8-5/h1-2H,3H2. The van der Waals surface area contributed by atoms with E-state index in [0.717, 1.165) is 9.84 Å². The van der Waals surface area contributed by atoms with E-state index in [9.17, 15) is 0 Å². The average Bonchev–Trinajstić information content (AvgIpc) is 2.46. The van der Waals surface area contributed by atoms with Gasteiger partial charge in [0.15, 0.2) is 10.5 Å². The van der Waals surface area contributed by atoms with E-state index in [0.29, 0.717) is 11.5 Å². The third-order valence-corrected chi connectivity index (χ3v) is 2.57. The largest absolute Gasteiger partial charge is 0.240 e. The van der Waals surface area contributed by atoms with Crippen molar-refractivity contribution in [1.82, 2.24) is 15.0 Å². The lowest BCUT2D eigenvalue weighted by molar-refractivity contribution is 1.22. The van der Waals surface area contributed by atoms with Crippen LogP contribution in [0.3, 0.4) is 0 Å². The van der Waals surface area contributed by atoms with Gasteiger partial charge in [-0.05, 0) is 0 Å². The Labute approximate surface area is 72.1 Å². The van der Waals surface area contributed by atoms with Crippen molar-refractivity contribution < 1.29 is 0 Å². The van der Waals surface area contributed by atoms with Gasteiger partial charge in [-0.25, -0.2) is 15.0 Å². The fraction of sp³-hybridized carbons (Fsp3) is 0.167. The summed E-state index contributed by atoms with van der Waals surface area (Å²) in [6, 6.07) is 0. The third kappa shape index (κ3) is 1.19. The average molecular weight is 186 g/mol. The van der Waals surface area contributed by atoms with E-state index in [2.05, 4.69) is 15.0 Å². The summed E-state index contributed by atoms with van der Waals surface area (Å²) >= 11 is 7.07. The van der Waals surface area contributed by atoms with Crippen LogP contribution in [0.1, 0.15) is 5.01 Å². The van der Waals surface area contributed by atoms with Crippen LogP contribution in [-0.4, -0.2) is 15.0 Å². The molecule has 0 saturated carbocycles. The molecule has 0 N–H and O–H groups in total. The van der Waals surface area contributed by atoms with Gasteiger partial charge in [0.1, 0.15) is 5.01 Å². The van der Waals surface area contributed by atoms with Crippen molar-refractivity contribution in [2.75, 3.05) is 0 Å². The number of rotatable bonds is 1. The second-order valence-electron chi connectivity index (χ2n) is 1.93. The number of aromatic nitrogens is 3. The summed E-state index contributed by atoms with van der Waals surface area (Å²) in [6.45, 7) is 0. The van der Waals surface area contributed by atoms with Gasteiger partial charge in [-0.15, -0.1) is 11.6 Å². The SMILES string of the molecule is ClCc1nc2nccnc2s1. The summed E-state index contributed by atoms with van der Waals surface area (Å²) in [5, 5.41) is 0.868. The van der Waals surface area contributed by atoms with Crippen LogP contribution in [-0.2, 0) is 5.88 Å². The molecule has 3 nitrogen and oxygen atoms in total. The molecule has 0 fully saturated rings. The summed E-state index contributed by atoms with van der Waals surface area (Å²) in [5.74, 6) is 0.433. The van der Waals surface area contributed by atoms with E-state index in [4.69, 9.17) is 11.6 Å². The predicted molar refractivity (Wildman–Crippen MR) is 44.8 cm³/mol. The zero-order valence-corrected chi connectivity index (χ0v) is 7.06. The first-order valence-electron chi connectivity index (χ1n) is 3.02. The lowest BCUT2D eigenvalue weighted by Crippen LogP contribution is -1.77. The van der Waals surface area contributed by atoms with Crippen LogP contribution in [0.15, 0.2) is 12.4 Å². The van der Waals surface area contributed by atoms with E-state index in [1.807, 2.05) is 0 Å². The Bertz CT molecular complexity index is 340. The molecule has 0 unspecified atom stereocenters. The molecule has 0 aliphatic carbocycles. The van der Waals surface area contributed by atoms with Gasteiger partial charge >= 0.3 is 0 Å². The maximum Gasteiger partial charge on any atom is 0.189 e. The molecular weight excluding hydrogens is 182 g/mol. The summed E-state index contributed by atoms with van der Waals surface area (Å²) in [5.41, 5.74) is 0.688. The number of halogens is 1. The minimum Gasteiger partial charge on any atom is -0.240 e. The molecule has 0 aliphatic heterocycles. The molecule has 2 rings (SSSR count). The smallest absolute Gasteiger partial charge is 0.189 e. The number of hydrogen-bond donors (Lipinski definition) is 0. The highest BCUT2D eigenvalue weighted by Crippen LogP contribution is 2.18. The van der Waals surface area contributed by atoms with Gasteiger partial charge in [-0.1, -0.05) is 11.3 Å². The molecule has 2 aromatic rings. The summed E-state index contributed by atoms with van der Waals surface area (Å²) in [7, 11) is 0. The molecule has 2 heterocycles. The summed E-state index contributed by atoms with van der Waals surface area (Å²) < 4.78 is 0. The van der Waals surface area contributed by atoms with Crippen molar-refractivity contribution in [3.05, 3.63) is 17.4 Å². The van der Waals surface area contributed by atoms with E-state index in [-0.39, 0.29) is 0 Å². The number of alkyl halides is 1. The highest BCUT2D eigenvalue weighted by molar-refractivity contribution is 7.18. The van der Waals surface area contributed by atoms with Crippen LogP contribution in [0, 0.1) is 0 Å². The molecule has 5 heteroatoms. The third-order valence-electron chi connectivity index (χ3n) is 1.21. The molecule has 0 bridgehead atoms. The van der Waals surface area contributed by atoms with Gasteiger partial charge in [0.05, 0.1) is 5.88 Å². The van der Waals surface area contributed by atoms with Crippen molar-refractivity contribution in [3.63, 3.8) is 0 Å². The van der Waals surface area contributed by atoms with Gasteiger partial charge < -0.3 is 0 Å². The minimum atomic E-state index is 0.433. The first kappa shape index (κ1) is 6.94. The Morgan fingerprint density at radius 2 is 2.18 bits per heavy atom. The molecule has 56 valence electrons. The Balaban J connectivity index is 2.69. The fourth-order valence-corrected chi connectivity index (χ4v) is 1.71. The van der Waals surface area contributed by atoms with Gasteiger partial charge in [0.2, 0.25) is 0 Å². The number of thiazole rings is 1. The highest BCUT2D eigenvalue weighted by atomic mass is 35.5. The quantitative estimate of drug-likeness (QED) is 0.637. The van der Waals surface area contributed by atoms with Crippen LogP contribution < -0.4 is 0 Å². The Hall–Kier alpha value is -0.740. The fourth-order valence-electron chi connectivity index (χ4n) is 0.776. The second-order valence-corrected chi connectivity index (χ2v) is 3.26. The molecule has 0 spiro atoms. The maximum atomic E-state index is 5.59. The van der Waals surface area contributed by atoms with Crippen LogP contribution in [0.2, 0.25) is 0 Å². The molecule has 11 heavy (non-hydrogen) atoms. The van der Waals surface area contributed by atoms with E-state index >= 15 is 0 Å². The minimum absolute atomic E-state index is 0.433. The summed E-state index contributed by atoms with van der Waals surface area (Å²) in [6.07, 6.45) is 3.28. The predicted octanol–water partition coefficient (Wildman–Crippen LogP) is 1.83. The molecule has 0 aromatic carbocycles. The topological polar surface area (TPSA) is 38.7 Å². The molecule has 0 aliphatic rings. The van der Waals surface area contributed by atoms with Crippen LogP contribution in [0.4, 0.5) is 0 Å². The Kier molecular flexibility index (Phi) is 1.71. The monoisotopic (exact) mass is 185 g/mol. The summed E-state index contributed by atoms with van der Waals surface area (Å²) in [4.78, 5) is 13.1. The Morgan fingerprint density at radius 1 is 1.36 bits per heavy atom. The zero-order valence-electron chi connectivity index (χ0n) is 5.49. The van der Waals surface area contributed by atoms with Crippen LogP contribution in [0.25, 0.3) is 10.5 Å². The van der Waals surface area contributed by atoms with Crippen molar-refractivity contribution in [2.45, 2.75) is 5.88 Å². The van der Waals surface area contributed by atoms with Gasteiger partial charge in [-0.3, -0.25) is 0 Å². The van der Waals surface area contributed by atoms with E-state index < -0.39 is 0 Å². The second kappa shape index (κ2) is 2.71. The molecule has 0 amide bonds. The zero-order chi connectivity index (χ0) is 7.68. The van der Waals surface area contributed by atoms with Crippen LogP contribution in [0.5, 0.6) is 0 Å². The molecular formula is C6H4ClN3S. The number of fused-ring (bicyclic) bond motifs is 1. The van der Waals surface area contributed by atoms with Gasteiger partial charge in [-0.2, -0.15) is 0 Å². The van der Waals surface area contributed by atoms with E-state index in [1.165, 1.54) is 11.3 Å². The Morgan fingerprint density at radius 3 is 2.91 bits per heavy atom. The van der Waals surface area contributed by atoms with Crippen LogP contribution >= 0.6 is 22.9 Å². The van der Waals surface area contributed by atoms with E-state index in [1.54, 1.807) is 12.4 Å². The lowest BCUT2D eigenvalue weighted by atomic mass is 10.7. The van der Waals surface area contributed by atoms with Crippen molar-refractivity contribution >= 4 is 33.4 Å². The van der Waals surface area contributed by atoms with Gasteiger partial charge in [0.25, 0.3) is 0 Å². The highest BCUT2D eigenvalue weighted by Gasteiger charge is 2.02. The maximum absolute atomic E-state index is 5.59. The molecule has 0 saturated heterocycles. The number of nitrogens with zero attached hydrogens (tertiary/aromatic N) is 3. The molecule has 2 aromatic heterocycles. The first-order valence-corrected chi connectivity index (χ1v) is 4.37. The van der Waals surface area contributed by atoms with Crippen molar-refractivity contribution in [3.8, 4) is 0 Å². The number of hydrogen-bond acceptors (Lipinski definition) is 4. The first-order chi connectivity index (χ1) is 5.40. The van der Waals surface area contributed by atoms with Crippen molar-refractivity contribution in [1.29, 1.82) is 0 Å². The normalized spacial score (nSPS) is 10.6. The van der Waals surface area contributed by atoms with Gasteiger partial charge in [0, 0.05) is 12.4 Å². The van der Waals surface area contributed by atoms with Crippen molar-refractivity contribution in [2.24, 2.45) is 0 Å².